The molecule has 0 heterocycles. The van der Waals surface area contributed by atoms with Gasteiger partial charge in [-0.3, -0.25) is 0 Å². The minimum atomic E-state index is -0.246. The predicted octanol–water partition coefficient (Wildman–Crippen LogP) is 5.03. The van der Waals surface area contributed by atoms with Crippen molar-refractivity contribution in [3.63, 3.8) is 0 Å². The summed E-state index contributed by atoms with van der Waals surface area (Å²) in [5.41, 5.74) is 2.38. The number of anilines is 3. The molecular weight excluding hydrogens is 251 g/mol. The molecule has 0 saturated carbocycles. The highest BCUT2D eigenvalue weighted by molar-refractivity contribution is 5.74. The zero-order chi connectivity index (χ0) is 14.4. The van der Waals surface area contributed by atoms with Crippen LogP contribution >= 0.6 is 0 Å². The molecule has 0 aliphatic carbocycles. The van der Waals surface area contributed by atoms with Crippen molar-refractivity contribution in [2.75, 3.05) is 17.2 Å². The van der Waals surface area contributed by atoms with Crippen molar-refractivity contribution in [1.29, 1.82) is 0 Å². The molecule has 2 aromatic rings. The van der Waals surface area contributed by atoms with Crippen LogP contribution in [-0.2, 0) is 0 Å². The van der Waals surface area contributed by atoms with Gasteiger partial charge >= 0.3 is 0 Å². The Morgan fingerprint density at radius 2 is 1.50 bits per heavy atom. The summed E-state index contributed by atoms with van der Waals surface area (Å²) in [4.78, 5) is 0. The summed E-state index contributed by atoms with van der Waals surface area (Å²) in [6.07, 6.45) is 1.11. The van der Waals surface area contributed by atoms with Crippen LogP contribution in [0, 0.1) is 11.7 Å². The van der Waals surface area contributed by atoms with Crippen molar-refractivity contribution >= 4 is 17.1 Å². The Balaban J connectivity index is 2.10. The molecule has 0 aromatic heterocycles. The highest BCUT2D eigenvalue weighted by Crippen LogP contribution is 2.26. The number of rotatable bonds is 6. The maximum Gasteiger partial charge on any atom is 0.146 e. The molecule has 2 nitrogen and oxygen atoms in total. The first-order valence-electron chi connectivity index (χ1n) is 7.01. The second-order valence-electron chi connectivity index (χ2n) is 5.26. The second-order valence-corrected chi connectivity index (χ2v) is 5.26. The van der Waals surface area contributed by atoms with E-state index in [4.69, 9.17) is 0 Å². The lowest BCUT2D eigenvalue weighted by atomic mass is 10.1. The summed E-state index contributed by atoms with van der Waals surface area (Å²) in [5.74, 6) is 0.415. The van der Waals surface area contributed by atoms with Gasteiger partial charge in [-0.2, -0.15) is 0 Å². The molecule has 0 bridgehead atoms. The van der Waals surface area contributed by atoms with Gasteiger partial charge in [0.15, 0.2) is 0 Å². The number of benzene rings is 2. The smallest absolute Gasteiger partial charge is 0.146 e. The van der Waals surface area contributed by atoms with Gasteiger partial charge in [-0.1, -0.05) is 38.1 Å². The van der Waals surface area contributed by atoms with Gasteiger partial charge in [0.1, 0.15) is 5.82 Å². The molecule has 3 heteroatoms. The van der Waals surface area contributed by atoms with Crippen LogP contribution in [0.4, 0.5) is 21.5 Å². The number of hydrogen-bond donors (Lipinski definition) is 2. The predicted molar refractivity (Wildman–Crippen MR) is 84.1 cm³/mol. The topological polar surface area (TPSA) is 24.1 Å². The van der Waals surface area contributed by atoms with Crippen molar-refractivity contribution in [1.82, 2.24) is 0 Å². The van der Waals surface area contributed by atoms with Crippen LogP contribution in [0.1, 0.15) is 20.3 Å². The molecule has 2 aromatic carbocycles. The summed E-state index contributed by atoms with van der Waals surface area (Å²) >= 11 is 0. The van der Waals surface area contributed by atoms with Crippen LogP contribution in [0.2, 0.25) is 0 Å². The molecule has 0 amide bonds. The lowest BCUT2D eigenvalue weighted by Crippen LogP contribution is -2.06. The van der Waals surface area contributed by atoms with Crippen LogP contribution in [0.3, 0.4) is 0 Å². The monoisotopic (exact) mass is 272 g/mol. The van der Waals surface area contributed by atoms with Gasteiger partial charge in [0.2, 0.25) is 0 Å². The molecule has 0 unspecified atom stereocenters. The minimum Gasteiger partial charge on any atom is -0.383 e. The number of nitrogens with one attached hydrogen (secondary N) is 2. The summed E-state index contributed by atoms with van der Waals surface area (Å²) in [7, 11) is 0. The van der Waals surface area contributed by atoms with Crippen LogP contribution in [0.5, 0.6) is 0 Å². The molecule has 0 fully saturated rings. The molecule has 106 valence electrons. The van der Waals surface area contributed by atoms with Gasteiger partial charge in [0.25, 0.3) is 0 Å². The van der Waals surface area contributed by atoms with E-state index < -0.39 is 0 Å². The van der Waals surface area contributed by atoms with E-state index in [2.05, 4.69) is 24.5 Å². The molecule has 0 spiro atoms. The Morgan fingerprint density at radius 3 is 2.15 bits per heavy atom. The molecule has 0 radical (unpaired) electrons. The average Bonchev–Trinajstić information content (AvgIpc) is 2.43. The van der Waals surface area contributed by atoms with Crippen LogP contribution < -0.4 is 10.6 Å². The van der Waals surface area contributed by atoms with E-state index in [-0.39, 0.29) is 5.82 Å². The van der Waals surface area contributed by atoms with E-state index in [1.54, 1.807) is 12.1 Å². The normalized spacial score (nSPS) is 10.6. The Morgan fingerprint density at radius 1 is 0.900 bits per heavy atom. The van der Waals surface area contributed by atoms with E-state index in [0.29, 0.717) is 11.6 Å². The minimum absolute atomic E-state index is 0.246. The Bertz CT molecular complexity index is 552. The van der Waals surface area contributed by atoms with Gasteiger partial charge in [0.05, 0.1) is 17.1 Å². The van der Waals surface area contributed by atoms with E-state index in [1.165, 1.54) is 6.07 Å². The first kappa shape index (κ1) is 14.4. The fourth-order valence-corrected chi connectivity index (χ4v) is 1.95. The van der Waals surface area contributed by atoms with Crippen molar-refractivity contribution in [2.45, 2.75) is 20.3 Å². The lowest BCUT2D eigenvalue weighted by molar-refractivity contribution is 0.607. The summed E-state index contributed by atoms with van der Waals surface area (Å²) < 4.78 is 13.7. The molecule has 0 aliphatic heterocycles. The molecule has 0 aliphatic rings. The molecule has 2 N–H and O–H groups in total. The van der Waals surface area contributed by atoms with Crippen LogP contribution in [0.15, 0.2) is 48.5 Å². The Hall–Kier alpha value is -2.03. The average molecular weight is 272 g/mol. The van der Waals surface area contributed by atoms with Gasteiger partial charge in [-0.25, -0.2) is 4.39 Å². The highest BCUT2D eigenvalue weighted by Gasteiger charge is 2.05. The first-order chi connectivity index (χ1) is 9.66. The van der Waals surface area contributed by atoms with Crippen LogP contribution in [0.25, 0.3) is 0 Å². The largest absolute Gasteiger partial charge is 0.383 e. The lowest BCUT2D eigenvalue weighted by Gasteiger charge is -2.15. The van der Waals surface area contributed by atoms with Gasteiger partial charge < -0.3 is 10.6 Å². The molecule has 20 heavy (non-hydrogen) atoms. The fraction of sp³-hybridized carbons (Fsp3) is 0.294. The quantitative estimate of drug-likeness (QED) is 0.771. The van der Waals surface area contributed by atoms with E-state index >= 15 is 0 Å². The second kappa shape index (κ2) is 6.94. The summed E-state index contributed by atoms with van der Waals surface area (Å²) in [6, 6.07) is 14.6. The number of hydrogen-bond acceptors (Lipinski definition) is 2. The van der Waals surface area contributed by atoms with Gasteiger partial charge in [0, 0.05) is 6.54 Å². The standard InChI is InChI=1S/C17H21FN2/c1-13(2)11-12-19-16-9-5-6-10-17(16)20-15-8-4-3-7-14(15)18/h3-10,13,19-20H,11-12H2,1-2H3. The molecule has 0 atom stereocenters. The molecule has 2 rings (SSSR count). The van der Waals surface area contributed by atoms with E-state index in [1.807, 2.05) is 30.3 Å². The maximum absolute atomic E-state index is 13.7. The van der Waals surface area contributed by atoms with Gasteiger partial charge in [-0.15, -0.1) is 0 Å². The number of halogens is 1. The zero-order valence-corrected chi connectivity index (χ0v) is 12.0. The van der Waals surface area contributed by atoms with Crippen molar-refractivity contribution in [3.05, 3.63) is 54.3 Å². The summed E-state index contributed by atoms with van der Waals surface area (Å²) in [5, 5.41) is 6.54. The van der Waals surface area contributed by atoms with Crippen molar-refractivity contribution < 1.29 is 4.39 Å². The van der Waals surface area contributed by atoms with Crippen molar-refractivity contribution in [2.24, 2.45) is 5.92 Å². The Kier molecular flexibility index (Phi) is 4.99. The maximum atomic E-state index is 13.7. The van der Waals surface area contributed by atoms with E-state index in [9.17, 15) is 4.39 Å². The third-order valence-electron chi connectivity index (χ3n) is 3.11. The third-order valence-corrected chi connectivity index (χ3v) is 3.11. The fourth-order valence-electron chi connectivity index (χ4n) is 1.95. The molecule has 0 saturated heterocycles. The Labute approximate surface area is 120 Å². The van der Waals surface area contributed by atoms with Gasteiger partial charge in [-0.05, 0) is 36.6 Å². The highest BCUT2D eigenvalue weighted by atomic mass is 19.1. The van der Waals surface area contributed by atoms with Crippen molar-refractivity contribution in [3.8, 4) is 0 Å². The third kappa shape index (κ3) is 3.98. The SMILES string of the molecule is CC(C)CCNc1ccccc1Nc1ccccc1F. The first-order valence-corrected chi connectivity index (χ1v) is 7.01. The zero-order valence-electron chi connectivity index (χ0n) is 12.0. The van der Waals surface area contributed by atoms with Crippen LogP contribution in [-0.4, -0.2) is 6.54 Å². The molecular formula is C17H21FN2. The number of para-hydroxylation sites is 3. The summed E-state index contributed by atoms with van der Waals surface area (Å²) in [6.45, 7) is 5.31. The van der Waals surface area contributed by atoms with E-state index in [0.717, 1.165) is 24.3 Å².